The number of halogens is 4. The van der Waals surface area contributed by atoms with Crippen molar-refractivity contribution in [1.29, 1.82) is 0 Å². The van der Waals surface area contributed by atoms with Crippen molar-refractivity contribution in [1.82, 2.24) is 0 Å². The fraction of sp³-hybridized carbons (Fsp3) is 0.641. The van der Waals surface area contributed by atoms with Gasteiger partial charge < -0.3 is 14.2 Å². The number of alkyl halides is 4. The summed E-state index contributed by atoms with van der Waals surface area (Å²) >= 11 is 0. The first kappa shape index (κ1) is 33.7. The second-order valence-electron chi connectivity index (χ2n) is 16.3. The number of hydrogen-bond donors (Lipinski definition) is 0. The van der Waals surface area contributed by atoms with Gasteiger partial charge in [-0.3, -0.25) is 0 Å². The smallest absolute Gasteiger partial charge is 0.424 e. The van der Waals surface area contributed by atoms with Gasteiger partial charge in [-0.15, -0.1) is 0 Å². The zero-order valence-corrected chi connectivity index (χ0v) is 28.4. The summed E-state index contributed by atoms with van der Waals surface area (Å²) < 4.78 is 78.6. The summed E-state index contributed by atoms with van der Waals surface area (Å²) in [6.45, 7) is 8.21. The molecule has 2 aromatic carbocycles. The SMILES string of the molecule is CC1(C)COC2(CCC3=C4C(CCC3C2)C2CC[C@@](N=O)([C@@](C)(F)C(F)(F)F)[C@@]2(C)C[C@@H]4c2ccc(OCc3ccccc3)cc2)OC1. The maximum Gasteiger partial charge on any atom is 0.424 e. The standard InChI is InChI=1S/C39H47F4NO4/c1-34(2)23-47-37(48-24-34)18-16-29-27(20-37)12-15-30-32-17-19-38(44-45,36(4,40)39(41,42)43)35(32,3)21-31(33(29)30)26-10-13-28(14-11-26)46-22-25-8-6-5-7-9-25/h5-11,13-14,27,30-32H,12,15-24H2,1-4H3/t27?,30?,31-,32?,35+,36-,38+/m1/s1. The normalized spacial score (nSPS) is 35.2. The molecule has 3 unspecified atom stereocenters. The average Bonchev–Trinajstić information content (AvgIpc) is 3.38. The highest BCUT2D eigenvalue weighted by molar-refractivity contribution is 5.44. The lowest BCUT2D eigenvalue weighted by Crippen LogP contribution is -2.64. The molecule has 7 atom stereocenters. The number of rotatable bonds is 6. The van der Waals surface area contributed by atoms with Crippen molar-refractivity contribution in [2.75, 3.05) is 13.2 Å². The van der Waals surface area contributed by atoms with Crippen LogP contribution in [0.5, 0.6) is 5.75 Å². The lowest BCUT2D eigenvalue weighted by Gasteiger charge is -2.58. The Kier molecular flexibility index (Phi) is 8.18. The van der Waals surface area contributed by atoms with Crippen LogP contribution in [0.15, 0.2) is 70.9 Å². The van der Waals surface area contributed by atoms with E-state index in [0.717, 1.165) is 43.2 Å². The van der Waals surface area contributed by atoms with Gasteiger partial charge in [0.2, 0.25) is 5.67 Å². The Morgan fingerprint density at radius 1 is 0.896 bits per heavy atom. The highest BCUT2D eigenvalue weighted by Crippen LogP contribution is 2.72. The zero-order valence-electron chi connectivity index (χ0n) is 28.4. The molecule has 5 aliphatic rings. The monoisotopic (exact) mass is 669 g/mol. The molecule has 0 N–H and O–H groups in total. The number of hydrogen-bond acceptors (Lipinski definition) is 5. The van der Waals surface area contributed by atoms with Gasteiger partial charge in [0.25, 0.3) is 0 Å². The molecule has 7 rings (SSSR count). The molecule has 0 amide bonds. The average molecular weight is 670 g/mol. The number of ether oxygens (including phenoxy) is 3. The molecule has 4 aliphatic carbocycles. The Labute approximate surface area is 280 Å². The molecular formula is C39H47F4NO4. The summed E-state index contributed by atoms with van der Waals surface area (Å²) in [7, 11) is 0. The Balaban J connectivity index is 1.27. The fourth-order valence-corrected chi connectivity index (χ4v) is 10.3. The second kappa shape index (κ2) is 11.6. The number of allylic oxidation sites excluding steroid dienone is 2. The maximum atomic E-state index is 16.3. The molecule has 48 heavy (non-hydrogen) atoms. The highest BCUT2D eigenvalue weighted by atomic mass is 19.4. The molecule has 2 aromatic rings. The predicted octanol–water partition coefficient (Wildman–Crippen LogP) is 10.2. The van der Waals surface area contributed by atoms with Crippen LogP contribution in [-0.2, 0) is 16.1 Å². The molecule has 9 heteroatoms. The topological polar surface area (TPSA) is 57.1 Å². The first-order valence-corrected chi connectivity index (χ1v) is 17.5. The van der Waals surface area contributed by atoms with E-state index in [1.54, 1.807) is 6.92 Å². The summed E-state index contributed by atoms with van der Waals surface area (Å²) in [5.41, 5.74) is -2.87. The molecule has 5 nitrogen and oxygen atoms in total. The van der Waals surface area contributed by atoms with Crippen molar-refractivity contribution in [2.45, 2.75) is 115 Å². The summed E-state index contributed by atoms with van der Waals surface area (Å²) in [5, 5.41) is 3.18. The predicted molar refractivity (Wildman–Crippen MR) is 175 cm³/mol. The van der Waals surface area contributed by atoms with E-state index in [9.17, 15) is 18.1 Å². The van der Waals surface area contributed by atoms with E-state index in [1.807, 2.05) is 54.6 Å². The van der Waals surface area contributed by atoms with Gasteiger partial charge in [0.1, 0.15) is 12.4 Å². The zero-order chi connectivity index (χ0) is 34.2. The van der Waals surface area contributed by atoms with Gasteiger partial charge in [-0.1, -0.05) is 79.6 Å². The second-order valence-corrected chi connectivity index (χ2v) is 16.3. The van der Waals surface area contributed by atoms with E-state index in [2.05, 4.69) is 19.0 Å². The minimum atomic E-state index is -5.23. The van der Waals surface area contributed by atoms with Gasteiger partial charge in [-0.2, -0.15) is 18.1 Å². The van der Waals surface area contributed by atoms with E-state index in [4.69, 9.17) is 14.2 Å². The molecule has 1 spiro atoms. The molecule has 260 valence electrons. The number of nitroso groups, excluding NO2 is 1. The largest absolute Gasteiger partial charge is 0.489 e. The Hall–Kier alpha value is -2.78. The van der Waals surface area contributed by atoms with Crippen LogP contribution in [0, 0.1) is 33.5 Å². The lowest BCUT2D eigenvalue weighted by atomic mass is 9.48. The van der Waals surface area contributed by atoms with E-state index in [1.165, 1.54) is 11.1 Å². The highest BCUT2D eigenvalue weighted by Gasteiger charge is 2.77. The van der Waals surface area contributed by atoms with Crippen LogP contribution in [-0.4, -0.2) is 36.4 Å². The molecule has 1 aliphatic heterocycles. The van der Waals surface area contributed by atoms with Crippen LogP contribution in [0.25, 0.3) is 0 Å². The van der Waals surface area contributed by atoms with Crippen LogP contribution >= 0.6 is 0 Å². The molecule has 4 fully saturated rings. The van der Waals surface area contributed by atoms with E-state index in [-0.39, 0.29) is 41.9 Å². The van der Waals surface area contributed by atoms with Crippen molar-refractivity contribution in [3.05, 3.63) is 81.8 Å². The van der Waals surface area contributed by atoms with Crippen LogP contribution < -0.4 is 4.74 Å². The molecule has 0 radical (unpaired) electrons. The van der Waals surface area contributed by atoms with Gasteiger partial charge in [-0.25, -0.2) is 4.39 Å². The summed E-state index contributed by atoms with van der Waals surface area (Å²) in [6.07, 6.45) is -0.985. The lowest BCUT2D eigenvalue weighted by molar-refractivity contribution is -0.312. The van der Waals surface area contributed by atoms with Crippen molar-refractivity contribution in [3.63, 3.8) is 0 Å². The molecule has 0 aromatic heterocycles. The number of fused-ring (bicyclic) bond motifs is 4. The van der Waals surface area contributed by atoms with Gasteiger partial charge in [0.05, 0.1) is 13.2 Å². The number of benzene rings is 2. The third-order valence-corrected chi connectivity index (χ3v) is 12.9. The summed E-state index contributed by atoms with van der Waals surface area (Å²) in [6, 6.07) is 17.7. The Morgan fingerprint density at radius 2 is 1.58 bits per heavy atom. The van der Waals surface area contributed by atoms with Crippen molar-refractivity contribution in [3.8, 4) is 5.75 Å². The first-order chi connectivity index (χ1) is 22.6. The fourth-order valence-electron chi connectivity index (χ4n) is 10.3. The minimum Gasteiger partial charge on any atom is -0.489 e. The van der Waals surface area contributed by atoms with Crippen LogP contribution in [0.4, 0.5) is 17.6 Å². The van der Waals surface area contributed by atoms with E-state index >= 15 is 4.39 Å². The maximum absolute atomic E-state index is 16.3. The first-order valence-electron chi connectivity index (χ1n) is 17.5. The quantitative estimate of drug-likeness (QED) is 0.175. The molecule has 0 bridgehead atoms. The van der Waals surface area contributed by atoms with Crippen LogP contribution in [0.3, 0.4) is 0 Å². The Morgan fingerprint density at radius 3 is 2.23 bits per heavy atom. The van der Waals surface area contributed by atoms with Crippen LogP contribution in [0.1, 0.15) is 96.1 Å². The molecule has 1 heterocycles. The molecular weight excluding hydrogens is 622 g/mol. The summed E-state index contributed by atoms with van der Waals surface area (Å²) in [5.74, 6) is -0.293. The van der Waals surface area contributed by atoms with Crippen molar-refractivity contribution in [2.24, 2.45) is 33.8 Å². The van der Waals surface area contributed by atoms with Gasteiger partial charge in [0.15, 0.2) is 11.3 Å². The van der Waals surface area contributed by atoms with Gasteiger partial charge in [0, 0.05) is 29.6 Å². The van der Waals surface area contributed by atoms with Crippen LogP contribution in [0.2, 0.25) is 0 Å². The van der Waals surface area contributed by atoms with E-state index in [0.29, 0.717) is 38.9 Å². The summed E-state index contributed by atoms with van der Waals surface area (Å²) in [4.78, 5) is 12.7. The molecule has 1 saturated heterocycles. The van der Waals surface area contributed by atoms with Gasteiger partial charge in [-0.05, 0) is 86.5 Å². The minimum absolute atomic E-state index is 0.0412. The third-order valence-electron chi connectivity index (χ3n) is 12.9. The van der Waals surface area contributed by atoms with E-state index < -0.39 is 28.6 Å². The van der Waals surface area contributed by atoms with Gasteiger partial charge >= 0.3 is 6.18 Å². The van der Waals surface area contributed by atoms with Crippen molar-refractivity contribution < 1.29 is 31.8 Å². The third kappa shape index (κ3) is 5.24. The molecule has 3 saturated carbocycles. The Bertz CT molecular complexity index is 1540. The number of nitrogens with zero attached hydrogens (tertiary/aromatic N) is 1. The van der Waals surface area contributed by atoms with Crippen molar-refractivity contribution >= 4 is 0 Å².